The molecular formula is C20H22N4O4S. The minimum atomic E-state index is -0.00312. The standard InChI is InChI=1S/C20H22N4O4S/c1-12(25)13-5-7-16(26-2)15(9-13)11-29-20-23-22-19(24(20)21)14-6-8-17(27-3)18(10-14)28-4/h5-10H,11,21H2,1-4H3. The number of hydrogen-bond acceptors (Lipinski definition) is 8. The van der Waals surface area contributed by atoms with Crippen LogP contribution in [0.25, 0.3) is 11.4 Å². The molecular weight excluding hydrogens is 392 g/mol. The second kappa shape index (κ2) is 8.87. The molecule has 0 saturated heterocycles. The van der Waals surface area contributed by atoms with Crippen LogP contribution < -0.4 is 20.1 Å². The molecule has 1 heterocycles. The van der Waals surface area contributed by atoms with Crippen molar-refractivity contribution in [3.8, 4) is 28.6 Å². The van der Waals surface area contributed by atoms with Crippen LogP contribution in [0.3, 0.4) is 0 Å². The van der Waals surface area contributed by atoms with Crippen LogP contribution >= 0.6 is 11.8 Å². The van der Waals surface area contributed by atoms with Gasteiger partial charge in [-0.3, -0.25) is 4.79 Å². The van der Waals surface area contributed by atoms with E-state index < -0.39 is 0 Å². The van der Waals surface area contributed by atoms with Crippen molar-refractivity contribution in [1.29, 1.82) is 0 Å². The molecule has 0 bridgehead atoms. The summed E-state index contributed by atoms with van der Waals surface area (Å²) in [5.74, 6) is 9.13. The fraction of sp³-hybridized carbons (Fsp3) is 0.250. The van der Waals surface area contributed by atoms with E-state index in [2.05, 4.69) is 10.2 Å². The first-order valence-corrected chi connectivity index (χ1v) is 9.70. The molecule has 0 aliphatic heterocycles. The molecule has 29 heavy (non-hydrogen) atoms. The number of nitrogens with two attached hydrogens (primary N) is 1. The first kappa shape index (κ1) is 20.5. The molecule has 0 saturated carbocycles. The van der Waals surface area contributed by atoms with Gasteiger partial charge in [0.15, 0.2) is 23.1 Å². The van der Waals surface area contributed by atoms with Crippen LogP contribution in [0.4, 0.5) is 0 Å². The molecule has 9 heteroatoms. The quantitative estimate of drug-likeness (QED) is 0.341. The Morgan fingerprint density at radius 1 is 1.00 bits per heavy atom. The first-order valence-electron chi connectivity index (χ1n) is 8.72. The van der Waals surface area contributed by atoms with Gasteiger partial charge in [0.05, 0.1) is 21.3 Å². The average Bonchev–Trinajstić information content (AvgIpc) is 3.11. The summed E-state index contributed by atoms with van der Waals surface area (Å²) in [6, 6.07) is 10.8. The predicted octanol–water partition coefficient (Wildman–Crippen LogP) is 3.18. The lowest BCUT2D eigenvalue weighted by molar-refractivity contribution is 0.101. The molecule has 0 spiro atoms. The Morgan fingerprint density at radius 2 is 1.69 bits per heavy atom. The van der Waals surface area contributed by atoms with Gasteiger partial charge in [-0.25, -0.2) is 4.68 Å². The summed E-state index contributed by atoms with van der Waals surface area (Å²) < 4.78 is 17.4. The van der Waals surface area contributed by atoms with E-state index >= 15 is 0 Å². The van der Waals surface area contributed by atoms with E-state index in [9.17, 15) is 4.79 Å². The van der Waals surface area contributed by atoms with Gasteiger partial charge in [0.2, 0.25) is 5.16 Å². The van der Waals surface area contributed by atoms with Crippen LogP contribution in [-0.4, -0.2) is 42.0 Å². The van der Waals surface area contributed by atoms with E-state index in [1.807, 2.05) is 12.1 Å². The number of thioether (sulfide) groups is 1. The monoisotopic (exact) mass is 414 g/mol. The number of carbonyl (C=O) groups is 1. The summed E-state index contributed by atoms with van der Waals surface area (Å²) in [5, 5.41) is 8.92. The van der Waals surface area contributed by atoms with Crippen LogP contribution in [-0.2, 0) is 5.75 Å². The summed E-state index contributed by atoms with van der Waals surface area (Å²) in [4.78, 5) is 11.7. The van der Waals surface area contributed by atoms with Crippen molar-refractivity contribution < 1.29 is 19.0 Å². The third-order valence-electron chi connectivity index (χ3n) is 4.35. The highest BCUT2D eigenvalue weighted by Gasteiger charge is 2.16. The van der Waals surface area contributed by atoms with Crippen molar-refractivity contribution in [2.45, 2.75) is 17.8 Å². The van der Waals surface area contributed by atoms with Crippen molar-refractivity contribution in [1.82, 2.24) is 14.9 Å². The second-order valence-electron chi connectivity index (χ2n) is 6.12. The molecule has 0 radical (unpaired) electrons. The highest BCUT2D eigenvalue weighted by atomic mass is 32.2. The number of Topliss-reactive ketones (excluding diaryl/α,β-unsaturated/α-hetero) is 1. The molecule has 0 unspecified atom stereocenters. The van der Waals surface area contributed by atoms with Gasteiger partial charge in [-0.1, -0.05) is 11.8 Å². The highest BCUT2D eigenvalue weighted by Crippen LogP contribution is 2.33. The lowest BCUT2D eigenvalue weighted by Crippen LogP contribution is -2.11. The summed E-state index contributed by atoms with van der Waals surface area (Å²) in [6.45, 7) is 1.53. The van der Waals surface area contributed by atoms with Crippen molar-refractivity contribution in [3.05, 3.63) is 47.5 Å². The normalized spacial score (nSPS) is 10.6. The summed E-state index contributed by atoms with van der Waals surface area (Å²) in [7, 11) is 4.74. The van der Waals surface area contributed by atoms with Crippen molar-refractivity contribution in [2.24, 2.45) is 0 Å². The Hall–Kier alpha value is -3.20. The van der Waals surface area contributed by atoms with E-state index in [1.54, 1.807) is 45.6 Å². The largest absolute Gasteiger partial charge is 0.496 e. The zero-order valence-corrected chi connectivity index (χ0v) is 17.4. The fourth-order valence-electron chi connectivity index (χ4n) is 2.80. The molecule has 0 fully saturated rings. The van der Waals surface area contributed by atoms with Gasteiger partial charge >= 0.3 is 0 Å². The number of hydrogen-bond donors (Lipinski definition) is 1. The van der Waals surface area contributed by atoms with Crippen LogP contribution in [0.1, 0.15) is 22.8 Å². The maximum atomic E-state index is 11.7. The van der Waals surface area contributed by atoms with Crippen molar-refractivity contribution >= 4 is 17.5 Å². The van der Waals surface area contributed by atoms with Gasteiger partial charge < -0.3 is 20.1 Å². The Labute approximate surface area is 172 Å². The number of nitrogen functional groups attached to an aromatic ring is 1. The number of methoxy groups -OCH3 is 3. The van der Waals surface area contributed by atoms with Crippen LogP contribution in [0.2, 0.25) is 0 Å². The van der Waals surface area contributed by atoms with Gasteiger partial charge in [0, 0.05) is 22.4 Å². The van der Waals surface area contributed by atoms with Gasteiger partial charge in [-0.05, 0) is 43.3 Å². The van der Waals surface area contributed by atoms with Crippen LogP contribution in [0.15, 0.2) is 41.6 Å². The van der Waals surface area contributed by atoms with E-state index in [1.165, 1.54) is 23.4 Å². The number of benzene rings is 2. The Kier molecular flexibility index (Phi) is 6.28. The van der Waals surface area contributed by atoms with E-state index in [-0.39, 0.29) is 5.78 Å². The SMILES string of the molecule is COc1ccc(C(C)=O)cc1CSc1nnc(-c2ccc(OC)c(OC)c2)n1N. The first-order chi connectivity index (χ1) is 14.0. The van der Waals surface area contributed by atoms with Gasteiger partial charge in [0.25, 0.3) is 0 Å². The molecule has 0 amide bonds. The number of carbonyl (C=O) groups excluding carboxylic acids is 1. The minimum Gasteiger partial charge on any atom is -0.496 e. The zero-order chi connectivity index (χ0) is 21.0. The third kappa shape index (κ3) is 4.29. The molecule has 0 aliphatic carbocycles. The molecule has 2 N–H and O–H groups in total. The fourth-order valence-corrected chi connectivity index (χ4v) is 3.63. The second-order valence-corrected chi connectivity index (χ2v) is 7.06. The number of aromatic nitrogens is 3. The van der Waals surface area contributed by atoms with Crippen molar-refractivity contribution in [3.63, 3.8) is 0 Å². The van der Waals surface area contributed by atoms with Crippen LogP contribution in [0.5, 0.6) is 17.2 Å². The molecule has 0 aliphatic rings. The lowest BCUT2D eigenvalue weighted by atomic mass is 10.1. The number of rotatable bonds is 8. The average molecular weight is 414 g/mol. The number of nitrogens with zero attached hydrogens (tertiary/aromatic N) is 3. The number of ketones is 1. The Morgan fingerprint density at radius 3 is 2.34 bits per heavy atom. The molecule has 3 aromatic rings. The van der Waals surface area contributed by atoms with Crippen molar-refractivity contribution in [2.75, 3.05) is 27.2 Å². The smallest absolute Gasteiger partial charge is 0.210 e. The van der Waals surface area contributed by atoms with Crippen LogP contribution in [0, 0.1) is 0 Å². The maximum absolute atomic E-state index is 11.7. The lowest BCUT2D eigenvalue weighted by Gasteiger charge is -2.10. The predicted molar refractivity (Wildman–Crippen MR) is 111 cm³/mol. The van der Waals surface area contributed by atoms with E-state index in [0.717, 1.165) is 11.1 Å². The molecule has 152 valence electrons. The third-order valence-corrected chi connectivity index (χ3v) is 5.34. The highest BCUT2D eigenvalue weighted by molar-refractivity contribution is 7.98. The Balaban J connectivity index is 1.84. The van der Waals surface area contributed by atoms with E-state index in [0.29, 0.717) is 39.5 Å². The van der Waals surface area contributed by atoms with Gasteiger partial charge in [0.1, 0.15) is 5.75 Å². The number of ether oxygens (including phenoxy) is 3. The summed E-state index contributed by atoms with van der Waals surface area (Å²) in [5.41, 5.74) is 2.25. The summed E-state index contributed by atoms with van der Waals surface area (Å²) in [6.07, 6.45) is 0. The minimum absolute atomic E-state index is 0.00312. The Bertz CT molecular complexity index is 1040. The summed E-state index contributed by atoms with van der Waals surface area (Å²) >= 11 is 1.40. The van der Waals surface area contributed by atoms with E-state index in [4.69, 9.17) is 20.1 Å². The molecule has 1 aromatic heterocycles. The topological polar surface area (TPSA) is 101 Å². The van der Waals surface area contributed by atoms with Gasteiger partial charge in [-0.15, -0.1) is 10.2 Å². The molecule has 3 rings (SSSR count). The molecule has 8 nitrogen and oxygen atoms in total. The zero-order valence-electron chi connectivity index (χ0n) is 16.6. The molecule has 2 aromatic carbocycles. The van der Waals surface area contributed by atoms with Gasteiger partial charge in [-0.2, -0.15) is 0 Å². The maximum Gasteiger partial charge on any atom is 0.210 e. The molecule has 0 atom stereocenters.